The molecule has 5 aromatic rings. The highest BCUT2D eigenvalue weighted by atomic mass is 19.4. The van der Waals surface area contributed by atoms with E-state index in [1.807, 2.05) is 43.3 Å². The van der Waals surface area contributed by atoms with E-state index < -0.39 is 11.7 Å². The van der Waals surface area contributed by atoms with Gasteiger partial charge in [-0.1, -0.05) is 42.5 Å². The monoisotopic (exact) mass is 460 g/mol. The second kappa shape index (κ2) is 8.58. The van der Waals surface area contributed by atoms with Crippen molar-refractivity contribution in [3.8, 4) is 22.5 Å². The summed E-state index contributed by atoms with van der Waals surface area (Å²) in [5.74, 6) is 0.399. The average molecular weight is 460 g/mol. The van der Waals surface area contributed by atoms with Gasteiger partial charge in [-0.3, -0.25) is 5.10 Å². The van der Waals surface area contributed by atoms with Crippen LogP contribution in [0.1, 0.15) is 24.1 Å². The Labute approximate surface area is 192 Å². The molecule has 0 spiro atoms. The number of halogens is 3. The highest BCUT2D eigenvalue weighted by Gasteiger charge is 2.31. The normalized spacial score (nSPS) is 12.6. The predicted molar refractivity (Wildman–Crippen MR) is 124 cm³/mol. The summed E-state index contributed by atoms with van der Waals surface area (Å²) in [6.07, 6.45) is -1.24. The van der Waals surface area contributed by atoms with Crippen LogP contribution < -0.4 is 5.32 Å². The molecule has 170 valence electrons. The summed E-state index contributed by atoms with van der Waals surface area (Å²) in [6.45, 7) is 2.00. The largest absolute Gasteiger partial charge is 0.416 e. The molecule has 0 amide bonds. The van der Waals surface area contributed by atoms with Gasteiger partial charge >= 0.3 is 6.18 Å². The minimum absolute atomic E-state index is 0.0473. The van der Waals surface area contributed by atoms with Crippen LogP contribution in [0.2, 0.25) is 0 Å². The topological polar surface area (TPSA) is 79.4 Å². The highest BCUT2D eigenvalue weighted by molar-refractivity contribution is 5.89. The first kappa shape index (κ1) is 21.6. The lowest BCUT2D eigenvalue weighted by Crippen LogP contribution is -2.09. The Kier molecular flexibility index (Phi) is 5.45. The summed E-state index contributed by atoms with van der Waals surface area (Å²) in [5.41, 5.74) is 2.59. The first-order chi connectivity index (χ1) is 16.4. The van der Waals surface area contributed by atoms with Crippen LogP contribution in [-0.4, -0.2) is 25.1 Å². The Morgan fingerprint density at radius 3 is 2.56 bits per heavy atom. The van der Waals surface area contributed by atoms with Gasteiger partial charge in [0.15, 0.2) is 5.65 Å². The van der Waals surface area contributed by atoms with E-state index in [1.54, 1.807) is 24.5 Å². The first-order valence-corrected chi connectivity index (χ1v) is 10.5. The van der Waals surface area contributed by atoms with E-state index in [1.165, 1.54) is 6.07 Å². The molecule has 0 bridgehead atoms. The minimum Gasteiger partial charge on any atom is -0.348 e. The van der Waals surface area contributed by atoms with Crippen molar-refractivity contribution in [3.05, 3.63) is 90.3 Å². The molecule has 0 saturated carbocycles. The fourth-order valence-corrected chi connectivity index (χ4v) is 3.73. The molecule has 5 rings (SSSR count). The Bertz CT molecular complexity index is 1450. The van der Waals surface area contributed by atoms with Gasteiger partial charge in [0.1, 0.15) is 0 Å². The number of nitrogens with zero attached hydrogens (tertiary/aromatic N) is 4. The van der Waals surface area contributed by atoms with Gasteiger partial charge in [0.25, 0.3) is 0 Å². The molecule has 3 heterocycles. The average Bonchev–Trinajstić information content (AvgIpc) is 3.31. The smallest absolute Gasteiger partial charge is 0.348 e. The van der Waals surface area contributed by atoms with Gasteiger partial charge in [0.05, 0.1) is 29.2 Å². The number of H-pyrrole nitrogens is 1. The van der Waals surface area contributed by atoms with Crippen molar-refractivity contribution in [2.75, 3.05) is 5.32 Å². The number of pyridine rings is 1. The molecular formula is C25H19F3N6. The number of rotatable bonds is 5. The van der Waals surface area contributed by atoms with Crippen LogP contribution in [0.25, 0.3) is 33.5 Å². The lowest BCUT2D eigenvalue weighted by molar-refractivity contribution is -0.137. The lowest BCUT2D eigenvalue weighted by atomic mass is 10.0. The van der Waals surface area contributed by atoms with Crippen LogP contribution in [-0.2, 0) is 6.18 Å². The molecule has 0 aliphatic heterocycles. The number of fused-ring (bicyclic) bond motifs is 1. The third-order valence-electron chi connectivity index (χ3n) is 5.47. The van der Waals surface area contributed by atoms with Crippen molar-refractivity contribution in [1.82, 2.24) is 25.1 Å². The van der Waals surface area contributed by atoms with Crippen LogP contribution in [0.3, 0.4) is 0 Å². The summed E-state index contributed by atoms with van der Waals surface area (Å²) < 4.78 is 40.1. The zero-order valence-electron chi connectivity index (χ0n) is 18.0. The summed E-state index contributed by atoms with van der Waals surface area (Å²) in [5, 5.41) is 10.8. The molecule has 2 aromatic carbocycles. The van der Waals surface area contributed by atoms with Gasteiger partial charge in [0, 0.05) is 22.7 Å². The number of alkyl halides is 3. The Morgan fingerprint density at radius 1 is 0.941 bits per heavy atom. The van der Waals surface area contributed by atoms with Gasteiger partial charge < -0.3 is 5.32 Å². The highest BCUT2D eigenvalue weighted by Crippen LogP contribution is 2.36. The van der Waals surface area contributed by atoms with Crippen LogP contribution >= 0.6 is 0 Å². The maximum absolute atomic E-state index is 13.4. The number of aromatic amines is 1. The van der Waals surface area contributed by atoms with Crippen molar-refractivity contribution in [2.45, 2.75) is 19.1 Å². The van der Waals surface area contributed by atoms with Crippen LogP contribution in [0.5, 0.6) is 0 Å². The summed E-state index contributed by atoms with van der Waals surface area (Å²) in [4.78, 5) is 13.5. The Morgan fingerprint density at radius 2 is 1.76 bits per heavy atom. The van der Waals surface area contributed by atoms with E-state index >= 15 is 0 Å². The second-order valence-electron chi connectivity index (χ2n) is 7.81. The van der Waals surface area contributed by atoms with Crippen molar-refractivity contribution in [3.63, 3.8) is 0 Å². The van der Waals surface area contributed by atoms with E-state index in [0.717, 1.165) is 23.1 Å². The number of hydrogen-bond donors (Lipinski definition) is 2. The SMILES string of the molecule is CC(Nc1nccc(-c2cc3cn[nH]c3nc2-c2cccc(C(F)(F)F)c2)n1)c1ccccc1. The molecule has 6 nitrogen and oxygen atoms in total. The van der Waals surface area contributed by atoms with E-state index in [2.05, 4.69) is 30.5 Å². The molecule has 0 aliphatic rings. The van der Waals surface area contributed by atoms with Crippen LogP contribution in [0.15, 0.2) is 79.1 Å². The van der Waals surface area contributed by atoms with Gasteiger partial charge in [-0.15, -0.1) is 0 Å². The van der Waals surface area contributed by atoms with Crippen molar-refractivity contribution >= 4 is 17.0 Å². The summed E-state index contributed by atoms with van der Waals surface area (Å²) in [7, 11) is 0. The number of nitrogens with one attached hydrogen (secondary N) is 2. The molecule has 1 unspecified atom stereocenters. The molecule has 0 fully saturated rings. The molecule has 3 aromatic heterocycles. The second-order valence-corrected chi connectivity index (χ2v) is 7.81. The quantitative estimate of drug-likeness (QED) is 0.323. The molecule has 0 saturated heterocycles. The van der Waals surface area contributed by atoms with E-state index in [-0.39, 0.29) is 6.04 Å². The number of anilines is 1. The molecule has 34 heavy (non-hydrogen) atoms. The minimum atomic E-state index is -4.46. The fourth-order valence-electron chi connectivity index (χ4n) is 3.73. The zero-order valence-corrected chi connectivity index (χ0v) is 18.0. The number of aromatic nitrogens is 5. The number of benzene rings is 2. The van der Waals surface area contributed by atoms with E-state index in [0.29, 0.717) is 34.1 Å². The van der Waals surface area contributed by atoms with Gasteiger partial charge in [0.2, 0.25) is 5.95 Å². The van der Waals surface area contributed by atoms with Gasteiger partial charge in [-0.2, -0.15) is 18.3 Å². The Balaban J connectivity index is 1.59. The molecule has 9 heteroatoms. The fraction of sp³-hybridized carbons (Fsp3) is 0.120. The lowest BCUT2D eigenvalue weighted by Gasteiger charge is -2.15. The van der Waals surface area contributed by atoms with Crippen molar-refractivity contribution < 1.29 is 13.2 Å². The molecule has 0 radical (unpaired) electrons. The maximum atomic E-state index is 13.4. The standard InChI is InChI=1S/C25H19F3N6/c1-15(16-6-3-2-4-7-16)31-24-29-11-10-21(32-24)20-13-18-14-30-34-23(18)33-22(20)17-8-5-9-19(12-17)25(26,27)28/h2-15H,1H3,(H,29,31,32)(H,30,33,34). The number of hydrogen-bond acceptors (Lipinski definition) is 5. The molecule has 2 N–H and O–H groups in total. The molecule has 0 aliphatic carbocycles. The zero-order chi connectivity index (χ0) is 23.7. The predicted octanol–water partition coefficient (Wildman–Crippen LogP) is 6.27. The van der Waals surface area contributed by atoms with Crippen LogP contribution in [0, 0.1) is 0 Å². The van der Waals surface area contributed by atoms with Crippen molar-refractivity contribution in [1.29, 1.82) is 0 Å². The summed E-state index contributed by atoms with van der Waals surface area (Å²) >= 11 is 0. The van der Waals surface area contributed by atoms with Crippen molar-refractivity contribution in [2.24, 2.45) is 0 Å². The maximum Gasteiger partial charge on any atom is 0.416 e. The third-order valence-corrected chi connectivity index (χ3v) is 5.47. The summed E-state index contributed by atoms with van der Waals surface area (Å²) in [6, 6.07) is 18.4. The molecular weight excluding hydrogens is 441 g/mol. The van der Waals surface area contributed by atoms with Gasteiger partial charge in [-0.25, -0.2) is 15.0 Å². The molecule has 1 atom stereocenters. The van der Waals surface area contributed by atoms with Crippen LogP contribution in [0.4, 0.5) is 19.1 Å². The van der Waals surface area contributed by atoms with E-state index in [4.69, 9.17) is 0 Å². The first-order valence-electron chi connectivity index (χ1n) is 10.5. The Hall–Kier alpha value is -4.27. The van der Waals surface area contributed by atoms with Gasteiger partial charge in [-0.05, 0) is 36.8 Å². The third kappa shape index (κ3) is 4.32. The van der Waals surface area contributed by atoms with E-state index in [9.17, 15) is 13.2 Å².